The molecule has 0 aromatic heterocycles. The molecule has 92 valence electrons. The summed E-state index contributed by atoms with van der Waals surface area (Å²) in [5.41, 5.74) is 0.978. The van der Waals surface area contributed by atoms with Gasteiger partial charge in [0.2, 0.25) is 0 Å². The van der Waals surface area contributed by atoms with E-state index in [4.69, 9.17) is 4.74 Å². The SMILES string of the molecule is C/C=C(\C=C(\F)C(C)Oc1ccccc1)CC. The van der Waals surface area contributed by atoms with E-state index in [0.717, 1.165) is 12.0 Å². The largest absolute Gasteiger partial charge is 0.484 e. The maximum atomic E-state index is 13.8. The summed E-state index contributed by atoms with van der Waals surface area (Å²) in [5, 5.41) is 0. The highest BCUT2D eigenvalue weighted by molar-refractivity contribution is 5.25. The Hall–Kier alpha value is -1.57. The number of hydrogen-bond acceptors (Lipinski definition) is 1. The van der Waals surface area contributed by atoms with Crippen LogP contribution in [0.3, 0.4) is 0 Å². The van der Waals surface area contributed by atoms with Gasteiger partial charge in [-0.25, -0.2) is 4.39 Å². The molecule has 17 heavy (non-hydrogen) atoms. The maximum Gasteiger partial charge on any atom is 0.147 e. The highest BCUT2D eigenvalue weighted by Crippen LogP contribution is 2.17. The van der Waals surface area contributed by atoms with E-state index >= 15 is 0 Å². The van der Waals surface area contributed by atoms with Crippen molar-refractivity contribution in [2.75, 3.05) is 0 Å². The molecule has 0 N–H and O–H groups in total. The Kier molecular flexibility index (Phi) is 5.47. The molecular formula is C15H19FO. The zero-order valence-electron chi connectivity index (χ0n) is 10.6. The fourth-order valence-corrected chi connectivity index (χ4v) is 1.44. The monoisotopic (exact) mass is 234 g/mol. The molecule has 1 aromatic carbocycles. The van der Waals surface area contributed by atoms with Gasteiger partial charge in [0.25, 0.3) is 0 Å². The van der Waals surface area contributed by atoms with Gasteiger partial charge in [-0.1, -0.05) is 31.2 Å². The fraction of sp³-hybridized carbons (Fsp3) is 0.333. The smallest absolute Gasteiger partial charge is 0.147 e. The molecule has 0 saturated carbocycles. The van der Waals surface area contributed by atoms with Gasteiger partial charge >= 0.3 is 0 Å². The van der Waals surface area contributed by atoms with Crippen LogP contribution in [0.2, 0.25) is 0 Å². The van der Waals surface area contributed by atoms with Crippen molar-refractivity contribution < 1.29 is 9.13 Å². The molecule has 0 aliphatic rings. The van der Waals surface area contributed by atoms with Gasteiger partial charge in [-0.15, -0.1) is 0 Å². The number of halogens is 1. The molecule has 0 bridgehead atoms. The summed E-state index contributed by atoms with van der Waals surface area (Å²) in [7, 11) is 0. The zero-order chi connectivity index (χ0) is 12.7. The Morgan fingerprint density at radius 1 is 1.35 bits per heavy atom. The van der Waals surface area contributed by atoms with Crippen molar-refractivity contribution in [1.29, 1.82) is 0 Å². The molecule has 0 radical (unpaired) electrons. The molecule has 2 heteroatoms. The minimum atomic E-state index is -0.557. The molecule has 0 amide bonds. The van der Waals surface area contributed by atoms with Crippen molar-refractivity contribution in [3.8, 4) is 5.75 Å². The van der Waals surface area contributed by atoms with Gasteiger partial charge in [-0.3, -0.25) is 0 Å². The van der Waals surface area contributed by atoms with Crippen molar-refractivity contribution in [3.05, 3.63) is 53.9 Å². The van der Waals surface area contributed by atoms with Gasteiger partial charge < -0.3 is 4.74 Å². The van der Waals surface area contributed by atoms with E-state index in [-0.39, 0.29) is 5.83 Å². The molecule has 0 aliphatic heterocycles. The van der Waals surface area contributed by atoms with Gasteiger partial charge in [0.15, 0.2) is 0 Å². The number of allylic oxidation sites excluding steroid dienone is 3. The van der Waals surface area contributed by atoms with Crippen molar-refractivity contribution >= 4 is 0 Å². The van der Waals surface area contributed by atoms with Gasteiger partial charge in [0, 0.05) is 0 Å². The van der Waals surface area contributed by atoms with E-state index in [1.165, 1.54) is 0 Å². The second kappa shape index (κ2) is 6.89. The van der Waals surface area contributed by atoms with Crippen LogP contribution in [-0.2, 0) is 0 Å². The molecule has 1 nitrogen and oxygen atoms in total. The second-order valence-corrected chi connectivity index (χ2v) is 3.82. The molecule has 0 spiro atoms. The van der Waals surface area contributed by atoms with E-state index in [1.54, 1.807) is 13.0 Å². The van der Waals surface area contributed by atoms with Crippen LogP contribution in [0.25, 0.3) is 0 Å². The molecular weight excluding hydrogens is 215 g/mol. The number of benzene rings is 1. The molecule has 1 rings (SSSR count). The number of para-hydroxylation sites is 1. The first-order valence-electron chi connectivity index (χ1n) is 5.91. The summed E-state index contributed by atoms with van der Waals surface area (Å²) in [5.74, 6) is 0.436. The van der Waals surface area contributed by atoms with Crippen molar-refractivity contribution in [1.82, 2.24) is 0 Å². The Labute approximate surface area is 103 Å². The van der Waals surface area contributed by atoms with Gasteiger partial charge in [0.05, 0.1) is 0 Å². The molecule has 0 saturated heterocycles. The third kappa shape index (κ3) is 4.43. The van der Waals surface area contributed by atoms with Crippen LogP contribution in [0, 0.1) is 0 Å². The standard InChI is InChI=1S/C15H19FO/c1-4-13(5-2)11-15(16)12(3)17-14-9-7-6-8-10-14/h4,6-12H,5H2,1-3H3/b13-4-,15-11+. The Balaban J connectivity index is 2.67. The van der Waals surface area contributed by atoms with E-state index < -0.39 is 6.10 Å². The van der Waals surface area contributed by atoms with Crippen LogP contribution in [0.1, 0.15) is 27.2 Å². The van der Waals surface area contributed by atoms with Crippen LogP contribution < -0.4 is 4.74 Å². The molecule has 1 aromatic rings. The van der Waals surface area contributed by atoms with E-state index in [0.29, 0.717) is 5.75 Å². The van der Waals surface area contributed by atoms with E-state index in [2.05, 4.69) is 0 Å². The van der Waals surface area contributed by atoms with Crippen LogP contribution in [0.4, 0.5) is 4.39 Å². The third-order valence-electron chi connectivity index (χ3n) is 2.55. The van der Waals surface area contributed by atoms with Gasteiger partial charge in [-0.05, 0) is 44.1 Å². The summed E-state index contributed by atoms with van der Waals surface area (Å²) in [6.45, 7) is 5.62. The zero-order valence-corrected chi connectivity index (χ0v) is 10.6. The lowest BCUT2D eigenvalue weighted by atomic mass is 10.1. The van der Waals surface area contributed by atoms with Crippen molar-refractivity contribution in [2.24, 2.45) is 0 Å². The summed E-state index contributed by atoms with van der Waals surface area (Å²) in [4.78, 5) is 0. The Morgan fingerprint density at radius 2 is 2.00 bits per heavy atom. The Bertz CT molecular complexity index is 393. The van der Waals surface area contributed by atoms with Crippen LogP contribution in [-0.4, -0.2) is 6.10 Å². The number of rotatable bonds is 5. The van der Waals surface area contributed by atoms with E-state index in [9.17, 15) is 4.39 Å². The summed E-state index contributed by atoms with van der Waals surface area (Å²) < 4.78 is 19.3. The normalized spacial score (nSPS) is 14.6. The fourth-order valence-electron chi connectivity index (χ4n) is 1.44. The highest BCUT2D eigenvalue weighted by atomic mass is 19.1. The second-order valence-electron chi connectivity index (χ2n) is 3.82. The quantitative estimate of drug-likeness (QED) is 0.673. The first kappa shape index (κ1) is 13.5. The van der Waals surface area contributed by atoms with E-state index in [1.807, 2.05) is 50.3 Å². The predicted molar refractivity (Wildman–Crippen MR) is 69.8 cm³/mol. The Morgan fingerprint density at radius 3 is 2.53 bits per heavy atom. The molecule has 1 atom stereocenters. The summed E-state index contributed by atoms with van der Waals surface area (Å²) >= 11 is 0. The van der Waals surface area contributed by atoms with Crippen molar-refractivity contribution in [3.63, 3.8) is 0 Å². The van der Waals surface area contributed by atoms with Gasteiger partial charge in [-0.2, -0.15) is 0 Å². The summed E-state index contributed by atoms with van der Waals surface area (Å²) in [6, 6.07) is 9.28. The maximum absolute atomic E-state index is 13.8. The number of ether oxygens (including phenoxy) is 1. The van der Waals surface area contributed by atoms with Crippen LogP contribution >= 0.6 is 0 Å². The first-order valence-corrected chi connectivity index (χ1v) is 5.91. The van der Waals surface area contributed by atoms with Crippen LogP contribution in [0.5, 0.6) is 5.75 Å². The molecule has 0 aliphatic carbocycles. The summed E-state index contributed by atoms with van der Waals surface area (Å²) in [6.07, 6.45) is 3.73. The van der Waals surface area contributed by atoms with Gasteiger partial charge in [0.1, 0.15) is 17.7 Å². The predicted octanol–water partition coefficient (Wildman–Crippen LogP) is 4.66. The van der Waals surface area contributed by atoms with Crippen molar-refractivity contribution in [2.45, 2.75) is 33.3 Å². The molecule has 0 heterocycles. The average Bonchev–Trinajstić information content (AvgIpc) is 2.36. The molecule has 1 unspecified atom stereocenters. The van der Waals surface area contributed by atoms with Crippen LogP contribution in [0.15, 0.2) is 53.9 Å². The third-order valence-corrected chi connectivity index (χ3v) is 2.55. The number of hydrogen-bond donors (Lipinski definition) is 0. The first-order chi connectivity index (χ1) is 8.17. The minimum absolute atomic E-state index is 0.246. The minimum Gasteiger partial charge on any atom is -0.484 e. The topological polar surface area (TPSA) is 9.23 Å². The highest BCUT2D eigenvalue weighted by Gasteiger charge is 2.10. The lowest BCUT2D eigenvalue weighted by Crippen LogP contribution is -2.12. The lowest BCUT2D eigenvalue weighted by molar-refractivity contribution is 0.226. The molecule has 0 fully saturated rings. The average molecular weight is 234 g/mol. The lowest BCUT2D eigenvalue weighted by Gasteiger charge is -2.13.